The Kier molecular flexibility index (Phi) is 4.75. The Balaban J connectivity index is 1.91. The van der Waals surface area contributed by atoms with Crippen molar-refractivity contribution in [2.45, 2.75) is 19.0 Å². The third-order valence-electron chi connectivity index (χ3n) is 3.92. The van der Waals surface area contributed by atoms with Gasteiger partial charge in [-0.1, -0.05) is 29.8 Å². The molecule has 1 aliphatic heterocycles. The summed E-state index contributed by atoms with van der Waals surface area (Å²) in [5, 5.41) is 2.33. The Hall–Kier alpha value is -1.37. The fraction of sp³-hybridized carbons (Fsp3) is 0.312. The summed E-state index contributed by atoms with van der Waals surface area (Å²) in [6, 6.07) is 10.4. The first kappa shape index (κ1) is 16.5. The summed E-state index contributed by atoms with van der Waals surface area (Å²) < 4.78 is 23.6. The van der Waals surface area contributed by atoms with Gasteiger partial charge in [0.15, 0.2) is 9.84 Å². The third kappa shape index (κ3) is 3.76. The molecule has 2 heterocycles. The molecule has 23 heavy (non-hydrogen) atoms. The lowest BCUT2D eigenvalue weighted by Gasteiger charge is -2.28. The van der Waals surface area contributed by atoms with Gasteiger partial charge in [0.25, 0.3) is 5.91 Å². The van der Waals surface area contributed by atoms with E-state index in [1.54, 1.807) is 40.5 Å². The Morgan fingerprint density at radius 1 is 1.26 bits per heavy atom. The van der Waals surface area contributed by atoms with E-state index in [1.807, 2.05) is 17.5 Å². The zero-order valence-corrected chi connectivity index (χ0v) is 14.7. The summed E-state index contributed by atoms with van der Waals surface area (Å²) in [5.74, 6) is -0.0608. The summed E-state index contributed by atoms with van der Waals surface area (Å²) >= 11 is 7.70. The number of amides is 1. The zero-order chi connectivity index (χ0) is 16.4. The summed E-state index contributed by atoms with van der Waals surface area (Å²) in [4.78, 5) is 15.6. The van der Waals surface area contributed by atoms with Crippen LogP contribution >= 0.6 is 22.9 Å². The van der Waals surface area contributed by atoms with Crippen molar-refractivity contribution in [3.05, 3.63) is 57.2 Å². The van der Waals surface area contributed by atoms with Crippen LogP contribution < -0.4 is 0 Å². The largest absolute Gasteiger partial charge is 0.329 e. The van der Waals surface area contributed by atoms with Crippen molar-refractivity contribution in [2.24, 2.45) is 0 Å². The molecule has 2 aromatic rings. The second-order valence-corrected chi connectivity index (χ2v) is 9.22. The number of hydrogen-bond acceptors (Lipinski definition) is 4. The number of carbonyl (C=O) groups excluding carboxylic acids is 1. The van der Waals surface area contributed by atoms with E-state index >= 15 is 0 Å². The maximum atomic E-state index is 12.9. The van der Waals surface area contributed by atoms with Crippen molar-refractivity contribution in [2.75, 3.05) is 11.5 Å². The van der Waals surface area contributed by atoms with Gasteiger partial charge >= 0.3 is 0 Å². The van der Waals surface area contributed by atoms with Crippen LogP contribution in [-0.4, -0.2) is 36.8 Å². The van der Waals surface area contributed by atoms with Crippen molar-refractivity contribution < 1.29 is 13.2 Å². The predicted octanol–water partition coefficient (Wildman–Crippen LogP) is 3.23. The molecule has 122 valence electrons. The normalized spacial score (nSPS) is 19.6. The molecular formula is C16H16ClNO3S2. The van der Waals surface area contributed by atoms with Crippen LogP contribution in [-0.2, 0) is 16.4 Å². The minimum Gasteiger partial charge on any atom is -0.329 e. The lowest BCUT2D eigenvalue weighted by atomic mass is 10.1. The van der Waals surface area contributed by atoms with Gasteiger partial charge in [-0.3, -0.25) is 4.79 Å². The molecule has 1 fully saturated rings. The van der Waals surface area contributed by atoms with Gasteiger partial charge in [-0.05, 0) is 30.0 Å². The molecule has 0 bridgehead atoms. The molecular weight excluding hydrogens is 354 g/mol. The van der Waals surface area contributed by atoms with Crippen molar-refractivity contribution in [1.29, 1.82) is 0 Å². The Morgan fingerprint density at radius 2 is 2.04 bits per heavy atom. The third-order valence-corrected chi connectivity index (χ3v) is 6.86. The van der Waals surface area contributed by atoms with Gasteiger partial charge in [-0.2, -0.15) is 0 Å². The Labute approximate surface area is 144 Å². The molecule has 3 rings (SSSR count). The van der Waals surface area contributed by atoms with Crippen molar-refractivity contribution in [1.82, 2.24) is 4.90 Å². The number of hydrogen-bond donors (Lipinski definition) is 0. The van der Waals surface area contributed by atoms with Crippen LogP contribution in [0.3, 0.4) is 0 Å². The number of nitrogens with zero attached hydrogens (tertiary/aromatic N) is 1. The highest BCUT2D eigenvalue weighted by molar-refractivity contribution is 7.91. The molecule has 0 spiro atoms. The van der Waals surface area contributed by atoms with Gasteiger partial charge in [0, 0.05) is 10.9 Å². The van der Waals surface area contributed by atoms with Gasteiger partial charge in [-0.25, -0.2) is 8.42 Å². The number of thiophene rings is 1. The molecule has 1 atom stereocenters. The summed E-state index contributed by atoms with van der Waals surface area (Å²) in [7, 11) is -3.07. The average Bonchev–Trinajstić information content (AvgIpc) is 3.14. The topological polar surface area (TPSA) is 54.5 Å². The van der Waals surface area contributed by atoms with E-state index in [4.69, 9.17) is 11.6 Å². The zero-order valence-electron chi connectivity index (χ0n) is 12.3. The van der Waals surface area contributed by atoms with Gasteiger partial charge in [0.1, 0.15) is 0 Å². The molecule has 1 aromatic carbocycles. The molecule has 1 saturated heterocycles. The van der Waals surface area contributed by atoms with Crippen molar-refractivity contribution in [3.8, 4) is 0 Å². The SMILES string of the molecule is O=C(c1ccccc1Cl)N(Cc1cccs1)C1CCS(=O)(=O)C1. The van der Waals surface area contributed by atoms with Gasteiger partial charge in [0.2, 0.25) is 0 Å². The number of benzene rings is 1. The molecule has 1 unspecified atom stereocenters. The van der Waals surface area contributed by atoms with E-state index in [1.165, 1.54) is 0 Å². The molecule has 0 aliphatic carbocycles. The number of sulfone groups is 1. The molecule has 1 aromatic heterocycles. The van der Waals surface area contributed by atoms with E-state index in [-0.39, 0.29) is 23.5 Å². The van der Waals surface area contributed by atoms with E-state index < -0.39 is 9.84 Å². The fourth-order valence-corrected chi connectivity index (χ4v) is 5.40. The van der Waals surface area contributed by atoms with Crippen LogP contribution in [0.2, 0.25) is 5.02 Å². The van der Waals surface area contributed by atoms with Gasteiger partial charge < -0.3 is 4.90 Å². The van der Waals surface area contributed by atoms with Crippen LogP contribution in [0, 0.1) is 0 Å². The lowest BCUT2D eigenvalue weighted by molar-refractivity contribution is 0.0683. The maximum absolute atomic E-state index is 12.9. The maximum Gasteiger partial charge on any atom is 0.255 e. The smallest absolute Gasteiger partial charge is 0.255 e. The summed E-state index contributed by atoms with van der Waals surface area (Å²) in [5.41, 5.74) is 0.412. The van der Waals surface area contributed by atoms with Crippen molar-refractivity contribution in [3.63, 3.8) is 0 Å². The molecule has 0 radical (unpaired) electrons. The highest BCUT2D eigenvalue weighted by Gasteiger charge is 2.35. The first-order valence-corrected chi connectivity index (χ1v) is 10.3. The van der Waals surface area contributed by atoms with Gasteiger partial charge in [0.05, 0.1) is 28.6 Å². The van der Waals surface area contributed by atoms with Crippen molar-refractivity contribution >= 4 is 38.7 Å². The van der Waals surface area contributed by atoms with E-state index in [9.17, 15) is 13.2 Å². The number of carbonyl (C=O) groups is 1. The summed E-state index contributed by atoms with van der Waals surface area (Å²) in [6.45, 7) is 0.405. The molecule has 1 amide bonds. The minimum absolute atomic E-state index is 0.0224. The van der Waals surface area contributed by atoms with Crippen LogP contribution in [0.5, 0.6) is 0 Å². The first-order chi connectivity index (χ1) is 11.0. The quantitative estimate of drug-likeness (QED) is 0.831. The average molecular weight is 370 g/mol. The monoisotopic (exact) mass is 369 g/mol. The predicted molar refractivity (Wildman–Crippen MR) is 92.7 cm³/mol. The highest BCUT2D eigenvalue weighted by Crippen LogP contribution is 2.26. The van der Waals surface area contributed by atoms with Crippen LogP contribution in [0.4, 0.5) is 0 Å². The van der Waals surface area contributed by atoms with Crippen LogP contribution in [0.1, 0.15) is 21.7 Å². The second kappa shape index (κ2) is 6.63. The highest BCUT2D eigenvalue weighted by atomic mass is 35.5. The molecule has 0 N–H and O–H groups in total. The molecule has 1 aliphatic rings. The minimum atomic E-state index is -3.07. The standard InChI is InChI=1S/C16H16ClNO3S2/c17-15-6-2-1-5-14(15)16(19)18(10-13-4-3-8-22-13)12-7-9-23(20,21)11-12/h1-6,8,12H,7,9-11H2. The Morgan fingerprint density at radius 3 is 2.65 bits per heavy atom. The molecule has 7 heteroatoms. The van der Waals surface area contributed by atoms with E-state index in [0.717, 1.165) is 4.88 Å². The molecule has 4 nitrogen and oxygen atoms in total. The lowest BCUT2D eigenvalue weighted by Crippen LogP contribution is -2.40. The Bertz CT molecular complexity index is 802. The first-order valence-electron chi connectivity index (χ1n) is 7.24. The van der Waals surface area contributed by atoms with Crippen LogP contribution in [0.15, 0.2) is 41.8 Å². The fourth-order valence-electron chi connectivity index (χ4n) is 2.75. The second-order valence-electron chi connectivity index (χ2n) is 5.55. The van der Waals surface area contributed by atoms with Gasteiger partial charge in [-0.15, -0.1) is 11.3 Å². The van der Waals surface area contributed by atoms with E-state index in [2.05, 4.69) is 0 Å². The molecule has 0 saturated carbocycles. The number of rotatable bonds is 4. The van der Waals surface area contributed by atoms with Crippen LogP contribution in [0.25, 0.3) is 0 Å². The number of halogens is 1. The summed E-state index contributed by atoms with van der Waals surface area (Å²) in [6.07, 6.45) is 0.476. The van der Waals surface area contributed by atoms with E-state index in [0.29, 0.717) is 23.6 Å².